The van der Waals surface area contributed by atoms with Crippen molar-refractivity contribution in [3.63, 3.8) is 0 Å². The van der Waals surface area contributed by atoms with E-state index in [0.717, 1.165) is 21.2 Å². The number of para-hydroxylation sites is 2. The molecule has 3 rings (SSSR count). The predicted molar refractivity (Wildman–Crippen MR) is 76.2 cm³/mol. The smallest absolute Gasteiger partial charge is 0.295 e. The highest BCUT2D eigenvalue weighted by molar-refractivity contribution is 9.10. The molecule has 1 aromatic heterocycles. The van der Waals surface area contributed by atoms with Crippen LogP contribution in [0.3, 0.4) is 0 Å². The van der Waals surface area contributed by atoms with Crippen molar-refractivity contribution in [2.24, 2.45) is 7.05 Å². The van der Waals surface area contributed by atoms with Crippen LogP contribution in [0.1, 0.15) is 0 Å². The summed E-state index contributed by atoms with van der Waals surface area (Å²) in [6.07, 6.45) is 0. The van der Waals surface area contributed by atoms with Crippen LogP contribution < -0.4 is 5.69 Å². The normalized spacial score (nSPS) is 11.0. The van der Waals surface area contributed by atoms with Crippen LogP contribution in [0.5, 0.6) is 0 Å². The second-order valence-corrected chi connectivity index (χ2v) is 5.06. The third-order valence-corrected chi connectivity index (χ3v) is 3.58. The van der Waals surface area contributed by atoms with Crippen LogP contribution in [-0.4, -0.2) is 9.13 Å². The Morgan fingerprint density at radius 2 is 1.56 bits per heavy atom. The third-order valence-electron chi connectivity index (χ3n) is 3.05. The molecule has 2 aromatic carbocycles. The van der Waals surface area contributed by atoms with Gasteiger partial charge in [0.25, 0.3) is 0 Å². The van der Waals surface area contributed by atoms with E-state index in [-0.39, 0.29) is 5.69 Å². The molecule has 0 saturated carbocycles. The Balaban J connectivity index is 2.39. The molecule has 0 amide bonds. The minimum atomic E-state index is -0.0291. The van der Waals surface area contributed by atoms with Crippen molar-refractivity contribution in [1.82, 2.24) is 9.13 Å². The Morgan fingerprint density at radius 3 is 2.22 bits per heavy atom. The molecule has 4 heteroatoms. The summed E-state index contributed by atoms with van der Waals surface area (Å²) >= 11 is 3.40. The molecule has 90 valence electrons. The van der Waals surface area contributed by atoms with E-state index in [0.29, 0.717) is 0 Å². The van der Waals surface area contributed by atoms with Crippen molar-refractivity contribution < 1.29 is 0 Å². The number of fused-ring (bicyclic) bond motifs is 1. The van der Waals surface area contributed by atoms with Crippen LogP contribution in [0.25, 0.3) is 16.7 Å². The van der Waals surface area contributed by atoms with Gasteiger partial charge >= 0.3 is 5.69 Å². The minimum Gasteiger partial charge on any atom is -0.295 e. The SMILES string of the molecule is Cn1c(=O)n(-c2ccc(Br)cc2)c2ccccc21. The molecule has 0 atom stereocenters. The molecule has 0 aliphatic rings. The summed E-state index contributed by atoms with van der Waals surface area (Å²) in [5.41, 5.74) is 2.70. The maximum absolute atomic E-state index is 12.3. The molecule has 0 saturated heterocycles. The molecule has 0 fully saturated rings. The first kappa shape index (κ1) is 11.3. The summed E-state index contributed by atoms with van der Waals surface area (Å²) in [6.45, 7) is 0. The van der Waals surface area contributed by atoms with Gasteiger partial charge in [-0.25, -0.2) is 4.79 Å². The largest absolute Gasteiger partial charge is 0.333 e. The van der Waals surface area contributed by atoms with Crippen molar-refractivity contribution in [3.8, 4) is 5.69 Å². The second kappa shape index (κ2) is 4.14. The lowest BCUT2D eigenvalue weighted by atomic mass is 10.3. The van der Waals surface area contributed by atoms with Gasteiger partial charge in [-0.05, 0) is 36.4 Å². The van der Waals surface area contributed by atoms with Gasteiger partial charge in [-0.2, -0.15) is 0 Å². The fourth-order valence-corrected chi connectivity index (χ4v) is 2.40. The quantitative estimate of drug-likeness (QED) is 0.678. The van der Waals surface area contributed by atoms with E-state index in [2.05, 4.69) is 15.9 Å². The molecular formula is C14H11BrN2O. The van der Waals surface area contributed by atoms with Gasteiger partial charge in [-0.3, -0.25) is 9.13 Å². The van der Waals surface area contributed by atoms with Crippen molar-refractivity contribution in [1.29, 1.82) is 0 Å². The Hall–Kier alpha value is -1.81. The number of hydrogen-bond acceptors (Lipinski definition) is 1. The summed E-state index contributed by atoms with van der Waals surface area (Å²) in [6, 6.07) is 15.5. The Morgan fingerprint density at radius 1 is 0.944 bits per heavy atom. The van der Waals surface area contributed by atoms with Crippen LogP contribution in [0.2, 0.25) is 0 Å². The predicted octanol–water partition coefficient (Wildman–Crippen LogP) is 3.09. The summed E-state index contributed by atoms with van der Waals surface area (Å²) < 4.78 is 4.39. The second-order valence-electron chi connectivity index (χ2n) is 4.14. The number of halogens is 1. The number of aryl methyl sites for hydroxylation is 1. The first-order valence-electron chi connectivity index (χ1n) is 5.61. The molecule has 0 radical (unpaired) electrons. The first-order valence-corrected chi connectivity index (χ1v) is 6.40. The summed E-state index contributed by atoms with van der Waals surface area (Å²) in [4.78, 5) is 12.3. The highest BCUT2D eigenvalue weighted by Gasteiger charge is 2.10. The standard InChI is InChI=1S/C14H11BrN2O/c1-16-12-4-2-3-5-13(12)17(14(16)18)11-8-6-10(15)7-9-11/h2-9H,1H3. The van der Waals surface area contributed by atoms with Gasteiger partial charge < -0.3 is 0 Å². The fourth-order valence-electron chi connectivity index (χ4n) is 2.13. The van der Waals surface area contributed by atoms with Gasteiger partial charge in [-0.1, -0.05) is 28.1 Å². The minimum absolute atomic E-state index is 0.0291. The van der Waals surface area contributed by atoms with E-state index in [1.807, 2.05) is 48.5 Å². The Labute approximate surface area is 112 Å². The molecule has 1 heterocycles. The highest BCUT2D eigenvalue weighted by Crippen LogP contribution is 2.18. The average Bonchev–Trinajstić information content (AvgIpc) is 2.64. The molecule has 18 heavy (non-hydrogen) atoms. The summed E-state index contributed by atoms with van der Waals surface area (Å²) in [5.74, 6) is 0. The van der Waals surface area contributed by atoms with Crippen LogP contribution in [-0.2, 0) is 7.05 Å². The van der Waals surface area contributed by atoms with E-state index in [4.69, 9.17) is 0 Å². The van der Waals surface area contributed by atoms with Crippen molar-refractivity contribution in [3.05, 3.63) is 63.5 Å². The van der Waals surface area contributed by atoms with E-state index in [9.17, 15) is 4.79 Å². The molecule has 3 nitrogen and oxygen atoms in total. The topological polar surface area (TPSA) is 26.9 Å². The molecule has 0 spiro atoms. The van der Waals surface area contributed by atoms with Crippen LogP contribution in [0.15, 0.2) is 57.8 Å². The Kier molecular flexibility index (Phi) is 2.59. The third kappa shape index (κ3) is 1.61. The molecule has 3 aromatic rings. The van der Waals surface area contributed by atoms with Crippen LogP contribution in [0, 0.1) is 0 Å². The van der Waals surface area contributed by atoms with Gasteiger partial charge in [0.2, 0.25) is 0 Å². The van der Waals surface area contributed by atoms with E-state index >= 15 is 0 Å². The number of imidazole rings is 1. The molecule has 0 unspecified atom stereocenters. The van der Waals surface area contributed by atoms with Gasteiger partial charge in [0.05, 0.1) is 16.7 Å². The number of rotatable bonds is 1. The monoisotopic (exact) mass is 302 g/mol. The molecule has 0 N–H and O–H groups in total. The fraction of sp³-hybridized carbons (Fsp3) is 0.0714. The van der Waals surface area contributed by atoms with Crippen LogP contribution >= 0.6 is 15.9 Å². The molecular weight excluding hydrogens is 292 g/mol. The number of aromatic nitrogens is 2. The van der Waals surface area contributed by atoms with Gasteiger partial charge in [-0.15, -0.1) is 0 Å². The molecule has 0 aliphatic carbocycles. The molecule has 0 aliphatic heterocycles. The zero-order chi connectivity index (χ0) is 12.7. The zero-order valence-corrected chi connectivity index (χ0v) is 11.4. The lowest BCUT2D eigenvalue weighted by Gasteiger charge is -2.02. The number of hydrogen-bond donors (Lipinski definition) is 0. The van der Waals surface area contributed by atoms with Crippen molar-refractivity contribution in [2.45, 2.75) is 0 Å². The van der Waals surface area contributed by atoms with Gasteiger partial charge in [0, 0.05) is 11.5 Å². The van der Waals surface area contributed by atoms with Crippen molar-refractivity contribution >= 4 is 27.0 Å². The summed E-state index contributed by atoms with van der Waals surface area (Å²) in [7, 11) is 1.79. The van der Waals surface area contributed by atoms with E-state index in [1.165, 1.54) is 0 Å². The van der Waals surface area contributed by atoms with Gasteiger partial charge in [0.15, 0.2) is 0 Å². The van der Waals surface area contributed by atoms with E-state index < -0.39 is 0 Å². The maximum atomic E-state index is 12.3. The maximum Gasteiger partial charge on any atom is 0.333 e. The highest BCUT2D eigenvalue weighted by atomic mass is 79.9. The van der Waals surface area contributed by atoms with Crippen LogP contribution in [0.4, 0.5) is 0 Å². The Bertz CT molecular complexity index is 769. The van der Waals surface area contributed by atoms with Crippen molar-refractivity contribution in [2.75, 3.05) is 0 Å². The summed E-state index contributed by atoms with van der Waals surface area (Å²) in [5, 5.41) is 0. The number of nitrogens with zero attached hydrogens (tertiary/aromatic N) is 2. The number of benzene rings is 2. The zero-order valence-electron chi connectivity index (χ0n) is 9.80. The van der Waals surface area contributed by atoms with E-state index in [1.54, 1.807) is 16.2 Å². The lowest BCUT2D eigenvalue weighted by molar-refractivity contribution is 0.846. The van der Waals surface area contributed by atoms with Gasteiger partial charge in [0.1, 0.15) is 0 Å². The first-order chi connectivity index (χ1) is 8.68. The lowest BCUT2D eigenvalue weighted by Crippen LogP contribution is -2.20. The average molecular weight is 303 g/mol. The molecule has 0 bridgehead atoms.